The van der Waals surface area contributed by atoms with E-state index >= 15 is 0 Å². The molecule has 1 atom stereocenters. The highest BCUT2D eigenvalue weighted by atomic mass is 32.2. The van der Waals surface area contributed by atoms with E-state index in [1.54, 1.807) is 13.8 Å². The Balaban J connectivity index is 2.03. The number of ether oxygens (including phenoxy) is 1. The number of likely N-dealkylation sites (tertiary alicyclic amines) is 1. The highest BCUT2D eigenvalue weighted by molar-refractivity contribution is 7.90. The molecular formula is C14H25NO4S. The molecule has 2 saturated heterocycles. The van der Waals surface area contributed by atoms with Gasteiger partial charge in [0.2, 0.25) is 5.91 Å². The zero-order valence-corrected chi connectivity index (χ0v) is 13.5. The van der Waals surface area contributed by atoms with Gasteiger partial charge in [-0.2, -0.15) is 0 Å². The number of carbonyl (C=O) groups is 1. The van der Waals surface area contributed by atoms with Crippen molar-refractivity contribution < 1.29 is 17.9 Å². The average molecular weight is 303 g/mol. The van der Waals surface area contributed by atoms with Gasteiger partial charge in [0.15, 0.2) is 0 Å². The van der Waals surface area contributed by atoms with Gasteiger partial charge in [-0.05, 0) is 19.3 Å². The van der Waals surface area contributed by atoms with Gasteiger partial charge in [-0.3, -0.25) is 4.79 Å². The summed E-state index contributed by atoms with van der Waals surface area (Å²) < 4.78 is 28.5. The standard InChI is InChI=1S/C14H25NO4S/c1-13(2,11-20(3,17)18)12(16)15-7-6-14(9-15)5-4-8-19-10-14/h4-11H2,1-3H3. The van der Waals surface area contributed by atoms with Crippen LogP contribution in [0.15, 0.2) is 0 Å². The summed E-state index contributed by atoms with van der Waals surface area (Å²) in [7, 11) is -3.16. The molecule has 2 aliphatic rings. The summed E-state index contributed by atoms with van der Waals surface area (Å²) in [5, 5.41) is 0. The van der Waals surface area contributed by atoms with Crippen molar-refractivity contribution in [3.05, 3.63) is 0 Å². The van der Waals surface area contributed by atoms with Gasteiger partial charge >= 0.3 is 0 Å². The van der Waals surface area contributed by atoms with Crippen molar-refractivity contribution in [2.75, 3.05) is 38.3 Å². The summed E-state index contributed by atoms with van der Waals surface area (Å²) in [5.74, 6) is -0.149. The van der Waals surface area contributed by atoms with Gasteiger partial charge in [-0.25, -0.2) is 8.42 Å². The molecule has 2 heterocycles. The molecule has 1 spiro atoms. The average Bonchev–Trinajstić information content (AvgIpc) is 2.70. The van der Waals surface area contributed by atoms with Crippen LogP contribution in [-0.2, 0) is 19.4 Å². The van der Waals surface area contributed by atoms with Gasteiger partial charge in [-0.15, -0.1) is 0 Å². The van der Waals surface area contributed by atoms with E-state index < -0.39 is 15.3 Å². The van der Waals surface area contributed by atoms with Gasteiger partial charge in [0, 0.05) is 31.4 Å². The molecule has 0 radical (unpaired) electrons. The number of hydrogen-bond acceptors (Lipinski definition) is 4. The van der Waals surface area contributed by atoms with E-state index in [2.05, 4.69) is 0 Å². The van der Waals surface area contributed by atoms with Crippen LogP contribution in [0, 0.1) is 10.8 Å². The minimum Gasteiger partial charge on any atom is -0.381 e. The lowest BCUT2D eigenvalue weighted by molar-refractivity contribution is -0.139. The van der Waals surface area contributed by atoms with Crippen LogP contribution in [0.2, 0.25) is 0 Å². The first kappa shape index (κ1) is 15.8. The van der Waals surface area contributed by atoms with Crippen LogP contribution in [-0.4, -0.2) is 57.5 Å². The lowest BCUT2D eigenvalue weighted by Crippen LogP contribution is -2.45. The van der Waals surface area contributed by atoms with Crippen LogP contribution >= 0.6 is 0 Å². The van der Waals surface area contributed by atoms with Crippen molar-refractivity contribution in [2.45, 2.75) is 33.1 Å². The summed E-state index contributed by atoms with van der Waals surface area (Å²) in [6, 6.07) is 0. The van der Waals surface area contributed by atoms with E-state index in [1.807, 2.05) is 4.90 Å². The second kappa shape index (κ2) is 5.30. The van der Waals surface area contributed by atoms with E-state index in [0.29, 0.717) is 6.54 Å². The van der Waals surface area contributed by atoms with Crippen LogP contribution in [0.4, 0.5) is 0 Å². The summed E-state index contributed by atoms with van der Waals surface area (Å²) in [6.07, 6.45) is 4.30. The molecule has 1 amide bonds. The van der Waals surface area contributed by atoms with Gasteiger partial charge in [0.25, 0.3) is 0 Å². The molecule has 2 fully saturated rings. The lowest BCUT2D eigenvalue weighted by atomic mass is 9.82. The van der Waals surface area contributed by atoms with Crippen molar-refractivity contribution in [3.63, 3.8) is 0 Å². The number of carbonyl (C=O) groups excluding carboxylic acids is 1. The third kappa shape index (κ3) is 3.52. The Kier molecular flexibility index (Phi) is 4.17. The number of amides is 1. The van der Waals surface area contributed by atoms with Gasteiger partial charge in [0.1, 0.15) is 9.84 Å². The van der Waals surface area contributed by atoms with Crippen molar-refractivity contribution >= 4 is 15.7 Å². The van der Waals surface area contributed by atoms with Crippen LogP contribution in [0.5, 0.6) is 0 Å². The van der Waals surface area contributed by atoms with Crippen LogP contribution in [0.3, 0.4) is 0 Å². The van der Waals surface area contributed by atoms with Gasteiger partial charge < -0.3 is 9.64 Å². The minimum atomic E-state index is -3.16. The van der Waals surface area contributed by atoms with E-state index in [4.69, 9.17) is 4.74 Å². The predicted octanol–water partition coefficient (Wildman–Crippen LogP) is 1.09. The second-order valence-electron chi connectivity index (χ2n) is 7.09. The Labute approximate surface area is 121 Å². The van der Waals surface area contributed by atoms with Crippen LogP contribution < -0.4 is 0 Å². The van der Waals surface area contributed by atoms with Gasteiger partial charge in [-0.1, -0.05) is 13.8 Å². The molecule has 0 aromatic heterocycles. The first-order valence-electron chi connectivity index (χ1n) is 7.19. The normalized spacial score (nSPS) is 28.1. The Bertz CT molecular complexity index is 477. The predicted molar refractivity (Wildman–Crippen MR) is 77.2 cm³/mol. The minimum absolute atomic E-state index is 0.0506. The van der Waals surface area contributed by atoms with E-state index in [1.165, 1.54) is 6.26 Å². The molecule has 0 aliphatic carbocycles. The Morgan fingerprint density at radius 1 is 1.35 bits per heavy atom. The van der Waals surface area contributed by atoms with Crippen molar-refractivity contribution in [2.24, 2.45) is 10.8 Å². The molecule has 2 aliphatic heterocycles. The maximum Gasteiger partial charge on any atom is 0.229 e. The van der Waals surface area contributed by atoms with E-state index in [0.717, 1.165) is 39.0 Å². The molecule has 2 rings (SSSR count). The maximum absolute atomic E-state index is 12.6. The molecule has 0 aromatic carbocycles. The van der Waals surface area contributed by atoms with E-state index in [9.17, 15) is 13.2 Å². The number of nitrogens with zero attached hydrogens (tertiary/aromatic N) is 1. The van der Waals surface area contributed by atoms with E-state index in [-0.39, 0.29) is 17.1 Å². The first-order chi connectivity index (χ1) is 9.14. The molecule has 0 saturated carbocycles. The summed E-state index contributed by atoms with van der Waals surface area (Å²) in [6.45, 7) is 6.41. The molecule has 20 heavy (non-hydrogen) atoms. The fraction of sp³-hybridized carbons (Fsp3) is 0.929. The van der Waals surface area contributed by atoms with Gasteiger partial charge in [0.05, 0.1) is 17.8 Å². The van der Waals surface area contributed by atoms with Crippen LogP contribution in [0.25, 0.3) is 0 Å². The fourth-order valence-corrected chi connectivity index (χ4v) is 4.92. The highest BCUT2D eigenvalue weighted by Crippen LogP contribution is 2.39. The molecule has 0 bridgehead atoms. The summed E-state index contributed by atoms with van der Waals surface area (Å²) in [4.78, 5) is 14.4. The Morgan fingerprint density at radius 3 is 2.60 bits per heavy atom. The molecule has 116 valence electrons. The largest absolute Gasteiger partial charge is 0.381 e. The molecular weight excluding hydrogens is 278 g/mol. The Hall–Kier alpha value is -0.620. The first-order valence-corrected chi connectivity index (χ1v) is 9.25. The fourth-order valence-electron chi connectivity index (χ4n) is 3.49. The SMILES string of the molecule is CC(C)(CS(C)(=O)=O)C(=O)N1CCC2(CCCOC2)C1. The summed E-state index contributed by atoms with van der Waals surface area (Å²) in [5.41, 5.74) is -0.746. The van der Waals surface area contributed by atoms with Crippen LogP contribution in [0.1, 0.15) is 33.1 Å². The summed E-state index contributed by atoms with van der Waals surface area (Å²) >= 11 is 0. The molecule has 6 heteroatoms. The molecule has 0 N–H and O–H groups in total. The maximum atomic E-state index is 12.6. The molecule has 0 aromatic rings. The zero-order chi connectivity index (χ0) is 15.0. The Morgan fingerprint density at radius 2 is 2.05 bits per heavy atom. The topological polar surface area (TPSA) is 63.7 Å². The number of rotatable bonds is 3. The number of hydrogen-bond donors (Lipinski definition) is 0. The monoisotopic (exact) mass is 303 g/mol. The zero-order valence-electron chi connectivity index (χ0n) is 12.6. The molecule has 5 nitrogen and oxygen atoms in total. The van der Waals surface area contributed by atoms with Crippen molar-refractivity contribution in [1.82, 2.24) is 4.90 Å². The van der Waals surface area contributed by atoms with Crippen molar-refractivity contribution in [3.8, 4) is 0 Å². The third-order valence-electron chi connectivity index (χ3n) is 4.33. The number of sulfone groups is 1. The highest BCUT2D eigenvalue weighted by Gasteiger charge is 2.44. The molecule has 1 unspecified atom stereocenters. The van der Waals surface area contributed by atoms with Crippen molar-refractivity contribution in [1.29, 1.82) is 0 Å². The smallest absolute Gasteiger partial charge is 0.229 e. The quantitative estimate of drug-likeness (QED) is 0.783. The second-order valence-corrected chi connectivity index (χ2v) is 9.23. The third-order valence-corrected chi connectivity index (χ3v) is 5.58. The lowest BCUT2D eigenvalue weighted by Gasteiger charge is -2.34.